The van der Waals surface area contributed by atoms with Crippen molar-refractivity contribution in [2.75, 3.05) is 110 Å². The van der Waals surface area contributed by atoms with Gasteiger partial charge in [-0.15, -0.1) is 23.5 Å². The van der Waals surface area contributed by atoms with Gasteiger partial charge in [0, 0.05) is 72.1 Å². The number of hydrogen-bond acceptors (Lipinski definition) is 20. The number of hydrogen-bond donors (Lipinski definition) is 9. The van der Waals surface area contributed by atoms with Gasteiger partial charge in [-0.2, -0.15) is 0 Å². The van der Waals surface area contributed by atoms with Gasteiger partial charge in [-0.1, -0.05) is 36.9 Å². The summed E-state index contributed by atoms with van der Waals surface area (Å²) >= 11 is 3.27. The monoisotopic (exact) mass is 1210 g/mol. The van der Waals surface area contributed by atoms with Crippen molar-refractivity contribution < 1.29 is 55.5 Å². The summed E-state index contributed by atoms with van der Waals surface area (Å²) in [5, 5.41) is 42.2. The maximum atomic E-state index is 11.0. The van der Waals surface area contributed by atoms with Crippen LogP contribution in [-0.4, -0.2) is 194 Å². The van der Waals surface area contributed by atoms with E-state index >= 15 is 0 Å². The van der Waals surface area contributed by atoms with Gasteiger partial charge in [0.05, 0.1) is 63.2 Å². The summed E-state index contributed by atoms with van der Waals surface area (Å²) in [6.45, 7) is 31.3. The minimum Gasteiger partial charge on any atom is -0.510 e. The normalized spacial score (nSPS) is 15.8. The number of nitrogen functional groups attached to an aromatic ring is 1. The number of aliphatic hydroxyl groups is 3. The van der Waals surface area contributed by atoms with E-state index in [1.807, 2.05) is 70.7 Å². The van der Waals surface area contributed by atoms with E-state index in [1.165, 1.54) is 0 Å². The molecule has 11 N–H and O–H groups in total. The van der Waals surface area contributed by atoms with Gasteiger partial charge in [-0.25, -0.2) is 0 Å². The number of thioether (sulfide) groups is 2. The zero-order valence-electron chi connectivity index (χ0n) is 49.4. The zero-order chi connectivity index (χ0) is 57.7. The van der Waals surface area contributed by atoms with E-state index in [-0.39, 0.29) is 49.7 Å². The lowest BCUT2D eigenvalue weighted by molar-refractivity contribution is 0.0326. The summed E-state index contributed by atoms with van der Waals surface area (Å²) in [5.41, 5.74) is 15.1. The summed E-state index contributed by atoms with van der Waals surface area (Å²) in [5.74, 6) is -0.0255. The van der Waals surface area contributed by atoms with Gasteiger partial charge >= 0.3 is 17.4 Å². The van der Waals surface area contributed by atoms with E-state index in [2.05, 4.69) is 86.7 Å². The number of ether oxygens (including phenoxy) is 5. The number of benzene rings is 2. The Hall–Kier alpha value is -1.24. The van der Waals surface area contributed by atoms with Crippen LogP contribution in [0.4, 0.5) is 11.4 Å². The van der Waals surface area contributed by atoms with Crippen molar-refractivity contribution in [3.8, 4) is 0 Å². The van der Waals surface area contributed by atoms with E-state index in [0.29, 0.717) is 78.2 Å². The van der Waals surface area contributed by atoms with Crippen LogP contribution in [0, 0.1) is 6.92 Å². The van der Waals surface area contributed by atoms with Crippen molar-refractivity contribution >= 4 is 83.3 Å². The fraction of sp³-hybridized carbons (Fsp3) is 0.731. The molecule has 0 aromatic heterocycles. The van der Waals surface area contributed by atoms with Crippen molar-refractivity contribution in [2.24, 2.45) is 5.73 Å². The van der Waals surface area contributed by atoms with Crippen LogP contribution < -0.4 is 37.6 Å². The molecule has 0 bridgehead atoms. The van der Waals surface area contributed by atoms with Crippen molar-refractivity contribution in [3.63, 3.8) is 0 Å². The average Bonchev–Trinajstić information content (AvgIpc) is 3.34. The molecular formula is C52H103N6O12S2Si5. The molecule has 0 amide bonds. The second-order valence-electron chi connectivity index (χ2n) is 21.7. The van der Waals surface area contributed by atoms with Gasteiger partial charge in [-0.05, 0) is 142 Å². The molecule has 0 aliphatic rings. The first-order valence-electron chi connectivity index (χ1n) is 27.3. The predicted octanol–water partition coefficient (Wildman–Crippen LogP) is 6.90. The van der Waals surface area contributed by atoms with E-state index in [0.717, 1.165) is 50.4 Å². The van der Waals surface area contributed by atoms with Crippen molar-refractivity contribution in [3.05, 3.63) is 54.3 Å². The third kappa shape index (κ3) is 30.6. The molecule has 25 heteroatoms. The van der Waals surface area contributed by atoms with E-state index in [1.54, 1.807) is 23.5 Å². The maximum absolute atomic E-state index is 11.0. The summed E-state index contributed by atoms with van der Waals surface area (Å²) in [6.07, 6.45) is 4.81. The molecule has 77 heavy (non-hydrogen) atoms. The van der Waals surface area contributed by atoms with Crippen LogP contribution in [0.2, 0.25) is 57.4 Å². The first kappa shape index (κ1) is 71.9. The lowest BCUT2D eigenvalue weighted by Crippen LogP contribution is -2.69. The third-order valence-corrected chi connectivity index (χ3v) is 31.9. The highest BCUT2D eigenvalue weighted by Crippen LogP contribution is 2.38. The number of rotatable bonds is 46. The lowest BCUT2D eigenvalue weighted by atomic mass is 10.1. The predicted molar refractivity (Wildman–Crippen MR) is 330 cm³/mol. The van der Waals surface area contributed by atoms with Gasteiger partial charge in [0.25, 0.3) is 9.20 Å². The van der Waals surface area contributed by atoms with Crippen molar-refractivity contribution in [1.29, 1.82) is 0 Å². The van der Waals surface area contributed by atoms with Gasteiger partial charge in [0.1, 0.15) is 12.4 Å². The molecule has 1 radical (unpaired) electrons. The fourth-order valence-corrected chi connectivity index (χ4v) is 30.5. The Bertz CT molecular complexity index is 1930. The first-order chi connectivity index (χ1) is 36.3. The van der Waals surface area contributed by atoms with Crippen molar-refractivity contribution in [2.45, 2.75) is 157 Å². The molecule has 0 aliphatic heterocycles. The molecule has 18 nitrogen and oxygen atoms in total. The highest BCUT2D eigenvalue weighted by atomic mass is 32.2. The minimum absolute atomic E-state index is 0.0255. The largest absolute Gasteiger partial charge is 0.510 e. The van der Waals surface area contributed by atoms with Crippen molar-refractivity contribution in [1.82, 2.24) is 15.6 Å². The molecule has 445 valence electrons. The molecule has 2 aromatic rings. The van der Waals surface area contributed by atoms with Crippen LogP contribution in [0.25, 0.3) is 0 Å². The van der Waals surface area contributed by atoms with Crippen LogP contribution in [0.15, 0.2) is 58.5 Å². The molecule has 7 unspecified atom stereocenters. The summed E-state index contributed by atoms with van der Waals surface area (Å²) in [6, 6.07) is 14.5. The molecule has 0 fully saturated rings. The number of aliphatic hydroxyl groups excluding tert-OH is 3. The number of nitrogens with two attached hydrogens (primary N) is 2. The van der Waals surface area contributed by atoms with E-state index in [4.69, 9.17) is 51.6 Å². The summed E-state index contributed by atoms with van der Waals surface area (Å²) < 4.78 is 59.5. The first-order valence-corrected chi connectivity index (χ1v) is 42.1. The molecule has 0 heterocycles. The quantitative estimate of drug-likeness (QED) is 0.0108. The Morgan fingerprint density at radius 1 is 0.714 bits per heavy atom. The van der Waals surface area contributed by atoms with Crippen LogP contribution in [0.1, 0.15) is 52.5 Å². The summed E-state index contributed by atoms with van der Waals surface area (Å²) in [4.78, 5) is 5.90. The van der Waals surface area contributed by atoms with E-state index in [9.17, 15) is 15.3 Å². The second-order valence-corrected chi connectivity index (χ2v) is 40.9. The molecule has 7 atom stereocenters. The highest BCUT2D eigenvalue weighted by Gasteiger charge is 2.54. The van der Waals surface area contributed by atoms with Gasteiger partial charge in [0.2, 0.25) is 0 Å². The maximum Gasteiger partial charge on any atom is 0.508 e. The Kier molecular flexibility index (Phi) is 35.3. The Balaban J connectivity index is 2.32. The minimum atomic E-state index is -3.87. The molecule has 2 aromatic carbocycles. The molecule has 0 aliphatic carbocycles. The van der Waals surface area contributed by atoms with Gasteiger partial charge in [-0.3, -0.25) is 0 Å². The summed E-state index contributed by atoms with van der Waals surface area (Å²) in [7, 11) is -12.0. The smallest absolute Gasteiger partial charge is 0.508 e. The average molecular weight is 1210 g/mol. The Morgan fingerprint density at radius 2 is 1.27 bits per heavy atom. The second kappa shape index (κ2) is 37.8. The van der Waals surface area contributed by atoms with E-state index < -0.39 is 55.4 Å². The standard InChI is InChI=1S/C52H103N6O12S2Si5/c1-40(53)33-65-36-43(4)58-73(27-19-24-62-37-44(5)59)67-77(48-22-17-16-18-23-48,69-75(12,13)29-21-26-64-39-47(61)32-57-52-45(6)51(54)49(71-8)30-50(52)72-9)70-76(14,15)68-74(10,11)28-20-25-63-38-46(60)31-56-42(3)35-66-34-41(2)55-7/h16-18,22-23,30,40-43,46-47,55-61H,5,19-21,24-29,31-39,53-54H2,1-4,6-15H3. The number of nitrogens with one attached hydrogen (secondary N) is 4. The molecule has 0 spiro atoms. The lowest BCUT2D eigenvalue weighted by Gasteiger charge is -2.44. The molecule has 0 saturated heterocycles. The Morgan fingerprint density at radius 3 is 1.86 bits per heavy atom. The molecule has 0 saturated carbocycles. The van der Waals surface area contributed by atoms with Crippen LogP contribution in [0.3, 0.4) is 0 Å². The molecular weight excluding hydrogens is 1110 g/mol. The van der Waals surface area contributed by atoms with Crippen LogP contribution in [0.5, 0.6) is 0 Å². The topological polar surface area (TPSA) is 244 Å². The van der Waals surface area contributed by atoms with Crippen LogP contribution >= 0.6 is 23.5 Å². The fourth-order valence-electron chi connectivity index (χ4n) is 8.14. The van der Waals surface area contributed by atoms with Gasteiger partial charge in [0.15, 0.2) is 16.6 Å². The Labute approximate surface area is 478 Å². The molecule has 2 rings (SSSR count). The third-order valence-electron chi connectivity index (χ3n) is 12.0. The number of anilines is 2. The number of likely N-dealkylation sites (N-methyl/N-ethyl adjacent to an activating group) is 1. The van der Waals surface area contributed by atoms with Crippen LogP contribution in [-0.2, 0) is 40.1 Å². The SMILES string of the molecule is C=C(O)COCCC[Si](NC(C)COCC(C)N)O[Si](O[Si](C)(C)CCCOCC(O)CNc1c(SC)cc(SC)c(N)c1C)(O[Si](C)(C)O[Si](C)(C)CCCOCC(O)CNC(C)COCC(C)NC)c1ccccc1. The zero-order valence-corrected chi connectivity index (χ0v) is 56.0. The van der Waals surface area contributed by atoms with Gasteiger partial charge < -0.3 is 87.9 Å². The highest BCUT2D eigenvalue weighted by molar-refractivity contribution is 7.99.